The summed E-state index contributed by atoms with van der Waals surface area (Å²) in [5.74, 6) is 1.48. The van der Waals surface area contributed by atoms with Crippen LogP contribution in [0.15, 0.2) is 91.0 Å². The van der Waals surface area contributed by atoms with Crippen molar-refractivity contribution in [2.24, 2.45) is 17.8 Å². The smallest absolute Gasteiger partial charge is 0.262 e. The highest BCUT2D eigenvalue weighted by Crippen LogP contribution is 2.61. The average Bonchev–Trinajstić information content (AvgIpc) is 2.84. The number of rotatable bonds is 7. The molecule has 0 aromatic heterocycles. The second-order valence-electron chi connectivity index (χ2n) is 9.66. The summed E-state index contributed by atoms with van der Waals surface area (Å²) in [5, 5.41) is 1.53. The van der Waals surface area contributed by atoms with E-state index in [4.69, 9.17) is 4.52 Å². The van der Waals surface area contributed by atoms with E-state index in [2.05, 4.69) is 39.0 Å². The fourth-order valence-electron chi connectivity index (χ4n) is 4.96. The van der Waals surface area contributed by atoms with Gasteiger partial charge in [0.15, 0.2) is 0 Å². The van der Waals surface area contributed by atoms with E-state index < -0.39 is 7.37 Å². The van der Waals surface area contributed by atoms with Gasteiger partial charge < -0.3 is 4.52 Å². The van der Waals surface area contributed by atoms with Crippen molar-refractivity contribution in [3.63, 3.8) is 0 Å². The van der Waals surface area contributed by atoms with Crippen molar-refractivity contribution in [1.82, 2.24) is 0 Å². The highest BCUT2D eigenvalue weighted by Gasteiger charge is 2.40. The zero-order valence-corrected chi connectivity index (χ0v) is 20.8. The lowest BCUT2D eigenvalue weighted by Crippen LogP contribution is -2.34. The average molecular weight is 459 g/mol. The summed E-state index contributed by atoms with van der Waals surface area (Å²) in [6.07, 6.45) is 5.32. The molecule has 0 heterocycles. The quantitative estimate of drug-likeness (QED) is 0.263. The monoisotopic (exact) mass is 458 g/mol. The van der Waals surface area contributed by atoms with Gasteiger partial charge >= 0.3 is 0 Å². The Hall–Kier alpha value is -2.41. The Morgan fingerprint density at radius 3 is 2.06 bits per heavy atom. The maximum atomic E-state index is 15.2. The van der Waals surface area contributed by atoms with Crippen LogP contribution in [0.3, 0.4) is 0 Å². The van der Waals surface area contributed by atoms with E-state index in [9.17, 15) is 0 Å². The van der Waals surface area contributed by atoms with Crippen LogP contribution in [-0.4, -0.2) is 6.10 Å². The van der Waals surface area contributed by atoms with Crippen molar-refractivity contribution < 1.29 is 9.09 Å². The molecular formula is C30H35O2P. The maximum Gasteiger partial charge on any atom is 0.262 e. The summed E-state index contributed by atoms with van der Waals surface area (Å²) in [4.78, 5) is 0. The van der Waals surface area contributed by atoms with E-state index in [1.54, 1.807) is 0 Å². The van der Waals surface area contributed by atoms with E-state index in [1.165, 1.54) is 6.42 Å². The molecule has 0 saturated heterocycles. The summed E-state index contributed by atoms with van der Waals surface area (Å²) >= 11 is 0. The third kappa shape index (κ3) is 5.57. The molecule has 0 N–H and O–H groups in total. The van der Waals surface area contributed by atoms with Crippen LogP contribution in [0.4, 0.5) is 0 Å². The van der Waals surface area contributed by atoms with Crippen molar-refractivity contribution in [2.75, 3.05) is 0 Å². The second-order valence-corrected chi connectivity index (χ2v) is 12.0. The molecule has 1 unspecified atom stereocenters. The minimum atomic E-state index is -3.38. The van der Waals surface area contributed by atoms with Gasteiger partial charge in [-0.3, -0.25) is 4.57 Å². The predicted molar refractivity (Wildman–Crippen MR) is 141 cm³/mol. The molecule has 0 bridgehead atoms. The summed E-state index contributed by atoms with van der Waals surface area (Å²) < 4.78 is 22.1. The molecule has 4 rings (SSSR count). The van der Waals surface area contributed by atoms with Gasteiger partial charge in [-0.05, 0) is 59.9 Å². The second kappa shape index (κ2) is 10.7. The topological polar surface area (TPSA) is 26.3 Å². The van der Waals surface area contributed by atoms with Crippen molar-refractivity contribution in [3.8, 4) is 0 Å². The standard InChI is InChI=1S/C30H35O2P/c1-23(2)28-20-19-24(3)21-29(28)32-33(31,27-17-11-6-12-18-27)30(26-15-9-5-10-16-26)22-25-13-7-4-8-14-25/h4-18,22-24,28-29H,19-21H2,1-3H3/b30-22+/t24-,28+,29-,33?/m1/s1. The lowest BCUT2D eigenvalue weighted by Gasteiger charge is -2.39. The molecule has 1 aliphatic carbocycles. The Bertz CT molecular complexity index is 1090. The highest BCUT2D eigenvalue weighted by molar-refractivity contribution is 7.77. The largest absolute Gasteiger partial charge is 0.318 e. The molecule has 33 heavy (non-hydrogen) atoms. The molecule has 0 aliphatic heterocycles. The molecule has 2 nitrogen and oxygen atoms in total. The van der Waals surface area contributed by atoms with E-state index in [-0.39, 0.29) is 6.10 Å². The van der Waals surface area contributed by atoms with Crippen LogP contribution < -0.4 is 5.30 Å². The summed E-state index contributed by atoms with van der Waals surface area (Å²) in [7, 11) is -3.38. The summed E-state index contributed by atoms with van der Waals surface area (Å²) in [6.45, 7) is 6.82. The maximum absolute atomic E-state index is 15.2. The molecule has 4 atom stereocenters. The van der Waals surface area contributed by atoms with Crippen LogP contribution in [-0.2, 0) is 9.09 Å². The summed E-state index contributed by atoms with van der Waals surface area (Å²) in [5.41, 5.74) is 1.96. The fraction of sp³-hybridized carbons (Fsp3) is 0.333. The van der Waals surface area contributed by atoms with Gasteiger partial charge in [-0.25, -0.2) is 0 Å². The van der Waals surface area contributed by atoms with Gasteiger partial charge in [-0.15, -0.1) is 0 Å². The first-order chi connectivity index (χ1) is 16.0. The molecule has 172 valence electrons. The van der Waals surface area contributed by atoms with Crippen LogP contribution >= 0.6 is 7.37 Å². The van der Waals surface area contributed by atoms with E-state index in [1.807, 2.05) is 78.9 Å². The number of benzene rings is 3. The minimum Gasteiger partial charge on any atom is -0.318 e. The SMILES string of the molecule is CC(C)[C@@H]1CC[C@@H](C)C[C@H]1OP(=O)(/C(=C/c1ccccc1)c1ccccc1)c1ccccc1. The van der Waals surface area contributed by atoms with Gasteiger partial charge in [-0.1, -0.05) is 106 Å². The molecule has 1 saturated carbocycles. The van der Waals surface area contributed by atoms with Crippen molar-refractivity contribution in [1.29, 1.82) is 0 Å². The molecule has 1 fully saturated rings. The molecule has 0 radical (unpaired) electrons. The minimum absolute atomic E-state index is 0.0253. The van der Waals surface area contributed by atoms with Crippen LogP contribution in [0.5, 0.6) is 0 Å². The van der Waals surface area contributed by atoms with Crippen LogP contribution in [0.25, 0.3) is 11.4 Å². The van der Waals surface area contributed by atoms with Gasteiger partial charge in [-0.2, -0.15) is 0 Å². The van der Waals surface area contributed by atoms with Gasteiger partial charge in [0.2, 0.25) is 0 Å². The van der Waals surface area contributed by atoms with Gasteiger partial charge in [0.1, 0.15) is 0 Å². The Labute approximate surface area is 199 Å². The number of hydrogen-bond acceptors (Lipinski definition) is 2. The predicted octanol–water partition coefficient (Wildman–Crippen LogP) is 8.27. The lowest BCUT2D eigenvalue weighted by atomic mass is 9.75. The van der Waals surface area contributed by atoms with Crippen molar-refractivity contribution in [3.05, 3.63) is 102 Å². The van der Waals surface area contributed by atoms with Crippen molar-refractivity contribution >= 4 is 24.1 Å². The molecule has 0 spiro atoms. The van der Waals surface area contributed by atoms with Gasteiger partial charge in [0, 0.05) is 10.6 Å². The van der Waals surface area contributed by atoms with Crippen molar-refractivity contribution in [2.45, 2.75) is 46.1 Å². The van der Waals surface area contributed by atoms with Gasteiger partial charge in [0.25, 0.3) is 7.37 Å². The van der Waals surface area contributed by atoms with Gasteiger partial charge in [0.05, 0.1) is 6.10 Å². The van der Waals surface area contributed by atoms with Crippen LogP contribution in [0, 0.1) is 17.8 Å². The normalized spacial score (nSPS) is 23.3. The number of hydrogen-bond donors (Lipinski definition) is 0. The first-order valence-corrected chi connectivity index (χ1v) is 13.8. The zero-order chi connectivity index (χ0) is 23.3. The molecular weight excluding hydrogens is 423 g/mol. The Morgan fingerprint density at radius 2 is 1.45 bits per heavy atom. The first-order valence-electron chi connectivity index (χ1n) is 12.1. The zero-order valence-electron chi connectivity index (χ0n) is 19.9. The van der Waals surface area contributed by atoms with E-state index in [0.717, 1.165) is 34.6 Å². The van der Waals surface area contributed by atoms with E-state index in [0.29, 0.717) is 17.8 Å². The molecule has 3 aromatic carbocycles. The molecule has 3 aromatic rings. The molecule has 1 aliphatic rings. The lowest BCUT2D eigenvalue weighted by molar-refractivity contribution is 0.0516. The van der Waals surface area contributed by atoms with E-state index >= 15 is 4.57 Å². The Balaban J connectivity index is 1.87. The summed E-state index contributed by atoms with van der Waals surface area (Å²) in [6, 6.07) is 30.0. The highest BCUT2D eigenvalue weighted by atomic mass is 31.2. The third-order valence-electron chi connectivity index (χ3n) is 6.83. The molecule has 3 heteroatoms. The van der Waals surface area contributed by atoms with Crippen LogP contribution in [0.2, 0.25) is 0 Å². The Kier molecular flexibility index (Phi) is 7.68. The van der Waals surface area contributed by atoms with Crippen LogP contribution in [0.1, 0.15) is 51.2 Å². The third-order valence-corrected chi connectivity index (χ3v) is 9.40. The fourth-order valence-corrected chi connectivity index (χ4v) is 7.47. The molecule has 0 amide bonds. The first kappa shape index (κ1) is 23.7. The Morgan fingerprint density at radius 1 is 0.879 bits per heavy atom.